The summed E-state index contributed by atoms with van der Waals surface area (Å²) in [7, 11) is 0. The molecule has 5 heteroatoms. The molecule has 0 aromatic carbocycles. The number of aromatic amines is 1. The van der Waals surface area contributed by atoms with E-state index < -0.39 is 16.6 Å². The molecule has 0 amide bonds. The fourth-order valence-electron chi connectivity index (χ4n) is 0.645. The summed E-state index contributed by atoms with van der Waals surface area (Å²) in [6.45, 7) is 0. The van der Waals surface area contributed by atoms with Crippen molar-refractivity contribution in [3.05, 3.63) is 48.6 Å². The first-order chi connectivity index (χ1) is 6.22. The Morgan fingerprint density at radius 3 is 1.92 bits per heavy atom. The molecule has 0 unspecified atom stereocenters. The zero-order valence-corrected chi connectivity index (χ0v) is 6.55. The van der Waals surface area contributed by atoms with Gasteiger partial charge in [-0.25, -0.2) is 4.39 Å². The van der Waals surface area contributed by atoms with E-state index in [9.17, 15) is 13.3 Å². The van der Waals surface area contributed by atoms with Gasteiger partial charge in [-0.1, -0.05) is 4.48 Å². The Kier molecular flexibility index (Phi) is 3.19. The second kappa shape index (κ2) is 4.39. The van der Waals surface area contributed by atoms with E-state index in [4.69, 9.17) is 0 Å². The highest BCUT2D eigenvalue weighted by Gasteiger charge is 2.04. The molecule has 2 nitrogen and oxygen atoms in total. The van der Waals surface area contributed by atoms with E-state index in [1.54, 1.807) is 0 Å². The molecule has 0 aliphatic rings. The van der Waals surface area contributed by atoms with Crippen LogP contribution in [0.25, 0.3) is 0 Å². The summed E-state index contributed by atoms with van der Waals surface area (Å²) < 4.78 is 35.0. The van der Waals surface area contributed by atoms with Gasteiger partial charge in [0.05, 0.1) is 0 Å². The second-order valence-electron chi connectivity index (χ2n) is 2.15. The quantitative estimate of drug-likeness (QED) is 0.655. The molecule has 0 bridgehead atoms. The van der Waals surface area contributed by atoms with Crippen molar-refractivity contribution in [2.24, 2.45) is 0 Å². The zero-order chi connectivity index (χ0) is 9.68. The Labute approximate surface area is 72.6 Å². The van der Waals surface area contributed by atoms with Crippen molar-refractivity contribution in [3.8, 4) is 0 Å². The van der Waals surface area contributed by atoms with Crippen LogP contribution in [0.2, 0.25) is 0 Å². The monoisotopic (exact) mass is 188 g/mol. The fraction of sp³-hybridized carbons (Fsp3) is 0. The first kappa shape index (κ1) is 9.44. The first-order valence-electron chi connectivity index (χ1n) is 3.48. The molecule has 0 fully saturated rings. The van der Waals surface area contributed by atoms with Gasteiger partial charge in [0.2, 0.25) is 0 Å². The number of H-pyrrole nitrogens is 1. The minimum absolute atomic E-state index is 0.421. The van der Waals surface area contributed by atoms with Gasteiger partial charge in [-0.2, -0.15) is 9.18 Å². The topological polar surface area (TPSA) is 20.7 Å². The van der Waals surface area contributed by atoms with Crippen LogP contribution in [-0.4, -0.2) is 9.77 Å². The summed E-state index contributed by atoms with van der Waals surface area (Å²) in [4.78, 5) is 2.44. The van der Waals surface area contributed by atoms with Crippen LogP contribution in [0.3, 0.4) is 0 Å². The van der Waals surface area contributed by atoms with Crippen LogP contribution in [0.1, 0.15) is 0 Å². The third-order valence-electron chi connectivity index (χ3n) is 1.23. The smallest absolute Gasteiger partial charge is 0.257 e. The molecule has 2 heterocycles. The lowest BCUT2D eigenvalue weighted by Crippen LogP contribution is -1.84. The van der Waals surface area contributed by atoms with E-state index in [2.05, 4.69) is 4.98 Å². The highest BCUT2D eigenvalue weighted by Crippen LogP contribution is 2.04. The highest BCUT2D eigenvalue weighted by atomic mass is 19.2. The summed E-state index contributed by atoms with van der Waals surface area (Å²) in [5.41, 5.74) is 0. The maximum absolute atomic E-state index is 11.7. The van der Waals surface area contributed by atoms with Crippen molar-refractivity contribution >= 4 is 0 Å². The van der Waals surface area contributed by atoms with E-state index in [1.165, 1.54) is 0 Å². The SMILES string of the molecule is Fc1ccn(F)c1F.c1cc[nH]c1. The Morgan fingerprint density at radius 1 is 1.15 bits per heavy atom. The van der Waals surface area contributed by atoms with Crippen molar-refractivity contribution in [3.63, 3.8) is 0 Å². The molecule has 0 atom stereocenters. The molecule has 0 radical (unpaired) electrons. The maximum atomic E-state index is 11.7. The molecule has 2 aromatic rings. The summed E-state index contributed by atoms with van der Waals surface area (Å²) in [6, 6.07) is 4.59. The van der Waals surface area contributed by atoms with Gasteiger partial charge in [-0.05, 0) is 18.2 Å². The summed E-state index contributed by atoms with van der Waals surface area (Å²) >= 11 is 0. The molecule has 1 N–H and O–H groups in total. The first-order valence-corrected chi connectivity index (χ1v) is 3.48. The molecule has 13 heavy (non-hydrogen) atoms. The summed E-state index contributed by atoms with van der Waals surface area (Å²) in [5, 5.41) is 0. The lowest BCUT2D eigenvalue weighted by molar-refractivity contribution is 0.286. The maximum Gasteiger partial charge on any atom is 0.257 e. The molecule has 0 aliphatic carbocycles. The molecule has 2 aromatic heterocycles. The average Bonchev–Trinajstić information content (AvgIpc) is 2.75. The number of halogens is 3. The van der Waals surface area contributed by atoms with Gasteiger partial charge in [0, 0.05) is 18.6 Å². The molecular formula is C8H7F3N2. The van der Waals surface area contributed by atoms with Gasteiger partial charge in [0.25, 0.3) is 5.95 Å². The second-order valence-corrected chi connectivity index (χ2v) is 2.15. The normalized spacial score (nSPS) is 9.15. The largest absolute Gasteiger partial charge is 0.368 e. The fourth-order valence-corrected chi connectivity index (χ4v) is 0.645. The van der Waals surface area contributed by atoms with Crippen molar-refractivity contribution in [2.75, 3.05) is 0 Å². The number of hydrogen-bond acceptors (Lipinski definition) is 0. The Morgan fingerprint density at radius 2 is 1.77 bits per heavy atom. The number of nitrogens with zero attached hydrogens (tertiary/aromatic N) is 1. The standard InChI is InChI=1S/C4H2F3N.C4H5N/c5-3-1-2-8(7)4(3)6;1-2-4-5-3-1/h1-2H;1-5H. The van der Waals surface area contributed by atoms with Gasteiger partial charge in [0.1, 0.15) is 0 Å². The molecule has 70 valence electrons. The van der Waals surface area contributed by atoms with Crippen molar-refractivity contribution < 1.29 is 13.3 Å². The molecule has 0 spiro atoms. The van der Waals surface area contributed by atoms with Crippen molar-refractivity contribution in [1.29, 1.82) is 0 Å². The van der Waals surface area contributed by atoms with Gasteiger partial charge >= 0.3 is 0 Å². The Balaban J connectivity index is 0.000000145. The third kappa shape index (κ3) is 2.70. The van der Waals surface area contributed by atoms with Crippen LogP contribution >= 0.6 is 0 Å². The van der Waals surface area contributed by atoms with Crippen molar-refractivity contribution in [1.82, 2.24) is 9.77 Å². The molecule has 0 saturated carbocycles. The Hall–Kier alpha value is -1.65. The van der Waals surface area contributed by atoms with E-state index >= 15 is 0 Å². The third-order valence-corrected chi connectivity index (χ3v) is 1.23. The summed E-state index contributed by atoms with van der Waals surface area (Å²) in [5.74, 6) is -2.66. The van der Waals surface area contributed by atoms with E-state index in [0.717, 1.165) is 0 Å². The van der Waals surface area contributed by atoms with Crippen LogP contribution in [0.15, 0.2) is 36.8 Å². The van der Waals surface area contributed by atoms with Crippen molar-refractivity contribution in [2.45, 2.75) is 0 Å². The van der Waals surface area contributed by atoms with E-state index in [1.807, 2.05) is 24.5 Å². The Bertz CT molecular complexity index is 303. The van der Waals surface area contributed by atoms with Crippen LogP contribution in [0.5, 0.6) is 0 Å². The minimum atomic E-state index is -1.48. The van der Waals surface area contributed by atoms with Crippen LogP contribution in [-0.2, 0) is 0 Å². The molecule has 2 rings (SSSR count). The highest BCUT2D eigenvalue weighted by molar-refractivity contribution is 4.95. The van der Waals surface area contributed by atoms with Gasteiger partial charge in [-0.3, -0.25) is 0 Å². The van der Waals surface area contributed by atoms with E-state index in [0.29, 0.717) is 12.3 Å². The number of nitrogens with one attached hydrogen (secondary N) is 1. The predicted molar refractivity (Wildman–Crippen MR) is 41.6 cm³/mol. The predicted octanol–water partition coefficient (Wildman–Crippen LogP) is 2.51. The van der Waals surface area contributed by atoms with E-state index in [-0.39, 0.29) is 0 Å². The minimum Gasteiger partial charge on any atom is -0.368 e. The van der Waals surface area contributed by atoms with Gasteiger partial charge < -0.3 is 4.98 Å². The molecule has 0 saturated heterocycles. The average molecular weight is 188 g/mol. The summed E-state index contributed by atoms with van der Waals surface area (Å²) in [6.07, 6.45) is 4.41. The lowest BCUT2D eigenvalue weighted by Gasteiger charge is -1.80. The number of rotatable bonds is 0. The van der Waals surface area contributed by atoms with Crippen LogP contribution in [0.4, 0.5) is 13.3 Å². The number of hydrogen-bond donors (Lipinski definition) is 1. The lowest BCUT2D eigenvalue weighted by atomic mass is 10.6. The van der Waals surface area contributed by atoms with Gasteiger partial charge in [0.15, 0.2) is 5.82 Å². The van der Waals surface area contributed by atoms with Gasteiger partial charge in [-0.15, -0.1) is 0 Å². The number of aromatic nitrogens is 2. The van der Waals surface area contributed by atoms with Crippen LogP contribution in [0, 0.1) is 11.8 Å². The van der Waals surface area contributed by atoms with Crippen LogP contribution < -0.4 is 0 Å². The zero-order valence-electron chi connectivity index (χ0n) is 6.55. The molecular weight excluding hydrogens is 181 g/mol. The molecule has 0 aliphatic heterocycles.